The van der Waals surface area contributed by atoms with E-state index in [0.29, 0.717) is 5.75 Å². The van der Waals surface area contributed by atoms with Crippen LogP contribution in [-0.4, -0.2) is 53.8 Å². The fraction of sp³-hybridized carbons (Fsp3) is 0.538. The third-order valence-corrected chi connectivity index (χ3v) is 3.22. The number of hydrogen-bond acceptors (Lipinski definition) is 5. The number of aryl methyl sites for hydroxylation is 1. The molecule has 5 nitrogen and oxygen atoms in total. The van der Waals surface area contributed by atoms with Gasteiger partial charge in [0.15, 0.2) is 0 Å². The number of halogens is 1. The van der Waals surface area contributed by atoms with E-state index in [1.807, 2.05) is 25.1 Å². The Kier molecular flexibility index (Phi) is 7.33. The van der Waals surface area contributed by atoms with E-state index in [1.165, 1.54) is 0 Å². The van der Waals surface area contributed by atoms with Crippen molar-refractivity contribution in [2.45, 2.75) is 19.1 Å². The molecule has 0 aliphatic rings. The second kappa shape index (κ2) is 8.50. The van der Waals surface area contributed by atoms with Gasteiger partial charge >= 0.3 is 0 Å². The maximum atomic E-state index is 9.73. The number of ether oxygens (including phenoxy) is 1. The average molecular weight is 334 g/mol. The Balaban J connectivity index is 2.35. The van der Waals surface area contributed by atoms with Crippen LogP contribution in [0.1, 0.15) is 5.56 Å². The molecule has 1 aromatic carbocycles. The van der Waals surface area contributed by atoms with Crippen molar-refractivity contribution in [3.63, 3.8) is 0 Å². The van der Waals surface area contributed by atoms with E-state index in [0.717, 1.165) is 10.0 Å². The van der Waals surface area contributed by atoms with Crippen LogP contribution in [0.4, 0.5) is 0 Å². The fourth-order valence-corrected chi connectivity index (χ4v) is 2.07. The predicted molar refractivity (Wildman–Crippen MR) is 76.3 cm³/mol. The summed E-state index contributed by atoms with van der Waals surface area (Å²) < 4.78 is 6.34. The Morgan fingerprint density at radius 1 is 1.32 bits per heavy atom. The number of hydrogen-bond donors (Lipinski definition) is 4. The summed E-state index contributed by atoms with van der Waals surface area (Å²) in [6.45, 7) is 2.02. The van der Waals surface area contributed by atoms with Crippen molar-refractivity contribution >= 4 is 15.9 Å². The lowest BCUT2D eigenvalue weighted by Gasteiger charge is -2.17. The molecule has 0 amide bonds. The topological polar surface area (TPSA) is 82.0 Å². The number of nitrogens with one attached hydrogen (secondary N) is 1. The van der Waals surface area contributed by atoms with Gasteiger partial charge in [-0.3, -0.25) is 0 Å². The van der Waals surface area contributed by atoms with Crippen molar-refractivity contribution in [3.8, 4) is 5.75 Å². The lowest BCUT2D eigenvalue weighted by Crippen LogP contribution is -2.41. The molecule has 0 aromatic heterocycles. The Bertz CT molecular complexity index is 385. The largest absolute Gasteiger partial charge is 0.490 e. The van der Waals surface area contributed by atoms with Crippen LogP contribution in [0.15, 0.2) is 22.7 Å². The van der Waals surface area contributed by atoms with Crippen molar-refractivity contribution in [1.82, 2.24) is 5.32 Å². The summed E-state index contributed by atoms with van der Waals surface area (Å²) in [5.74, 6) is 0.672. The lowest BCUT2D eigenvalue weighted by atomic mass is 10.2. The molecule has 1 rings (SSSR count). The van der Waals surface area contributed by atoms with Gasteiger partial charge in [-0.2, -0.15) is 0 Å². The number of aliphatic hydroxyl groups is 3. The fourth-order valence-electron chi connectivity index (χ4n) is 1.46. The monoisotopic (exact) mass is 333 g/mol. The molecule has 1 unspecified atom stereocenters. The number of rotatable bonds is 8. The standard InChI is InChI=1S/C13H20BrNO4/c1-9-2-3-13(12(14)4-9)19-8-11(18)5-15-10(6-16)7-17/h2-4,10-11,15-18H,5-8H2,1H3. The summed E-state index contributed by atoms with van der Waals surface area (Å²) in [6.07, 6.45) is -0.714. The highest BCUT2D eigenvalue weighted by Crippen LogP contribution is 2.25. The SMILES string of the molecule is Cc1ccc(OCC(O)CNC(CO)CO)c(Br)c1. The van der Waals surface area contributed by atoms with Crippen LogP contribution < -0.4 is 10.1 Å². The van der Waals surface area contributed by atoms with Crippen LogP contribution >= 0.6 is 15.9 Å². The van der Waals surface area contributed by atoms with Crippen LogP contribution in [0.5, 0.6) is 5.75 Å². The third kappa shape index (κ3) is 5.88. The van der Waals surface area contributed by atoms with Crippen LogP contribution in [0.2, 0.25) is 0 Å². The van der Waals surface area contributed by atoms with E-state index >= 15 is 0 Å². The van der Waals surface area contributed by atoms with Gasteiger partial charge in [-0.25, -0.2) is 0 Å². The second-order valence-electron chi connectivity index (χ2n) is 4.37. The van der Waals surface area contributed by atoms with E-state index < -0.39 is 12.1 Å². The molecule has 0 radical (unpaired) electrons. The van der Waals surface area contributed by atoms with Gasteiger partial charge in [0.25, 0.3) is 0 Å². The van der Waals surface area contributed by atoms with E-state index in [1.54, 1.807) is 0 Å². The van der Waals surface area contributed by atoms with E-state index in [-0.39, 0.29) is 26.4 Å². The highest BCUT2D eigenvalue weighted by Gasteiger charge is 2.10. The van der Waals surface area contributed by atoms with E-state index in [2.05, 4.69) is 21.2 Å². The van der Waals surface area contributed by atoms with E-state index in [4.69, 9.17) is 14.9 Å². The first-order valence-electron chi connectivity index (χ1n) is 6.09. The summed E-state index contributed by atoms with van der Waals surface area (Å²) >= 11 is 3.39. The molecule has 0 saturated heterocycles. The summed E-state index contributed by atoms with van der Waals surface area (Å²) in [6, 6.07) is 5.29. The van der Waals surface area contributed by atoms with Crippen molar-refractivity contribution in [3.05, 3.63) is 28.2 Å². The zero-order chi connectivity index (χ0) is 14.3. The van der Waals surface area contributed by atoms with Gasteiger partial charge in [-0.05, 0) is 40.5 Å². The first-order valence-corrected chi connectivity index (χ1v) is 6.88. The quantitative estimate of drug-likeness (QED) is 0.555. The Morgan fingerprint density at radius 2 is 2.00 bits per heavy atom. The molecule has 0 aliphatic heterocycles. The molecule has 6 heteroatoms. The molecule has 19 heavy (non-hydrogen) atoms. The van der Waals surface area contributed by atoms with Crippen LogP contribution in [0.3, 0.4) is 0 Å². The van der Waals surface area contributed by atoms with Crippen molar-refractivity contribution < 1.29 is 20.1 Å². The minimum atomic E-state index is -0.714. The van der Waals surface area contributed by atoms with Crippen molar-refractivity contribution in [2.75, 3.05) is 26.4 Å². The zero-order valence-corrected chi connectivity index (χ0v) is 12.4. The van der Waals surface area contributed by atoms with Gasteiger partial charge in [0.2, 0.25) is 0 Å². The number of aliphatic hydroxyl groups excluding tert-OH is 3. The highest BCUT2D eigenvalue weighted by molar-refractivity contribution is 9.10. The average Bonchev–Trinajstić information content (AvgIpc) is 2.39. The smallest absolute Gasteiger partial charge is 0.133 e. The predicted octanol–water partition coefficient (Wildman–Crippen LogP) is 0.440. The molecule has 0 aliphatic carbocycles. The maximum Gasteiger partial charge on any atom is 0.133 e. The molecule has 1 atom stereocenters. The second-order valence-corrected chi connectivity index (χ2v) is 5.22. The molecule has 0 heterocycles. The molecule has 0 fully saturated rings. The van der Waals surface area contributed by atoms with E-state index in [9.17, 15) is 5.11 Å². The zero-order valence-electron chi connectivity index (χ0n) is 10.8. The van der Waals surface area contributed by atoms with Gasteiger partial charge in [-0.15, -0.1) is 0 Å². The Labute approximate surface area is 121 Å². The molecule has 0 spiro atoms. The van der Waals surface area contributed by atoms with Gasteiger partial charge in [0.1, 0.15) is 18.5 Å². The highest BCUT2D eigenvalue weighted by atomic mass is 79.9. The molecule has 1 aromatic rings. The summed E-state index contributed by atoms with van der Waals surface area (Å²) in [4.78, 5) is 0. The number of benzene rings is 1. The first-order chi connectivity index (χ1) is 9.06. The minimum Gasteiger partial charge on any atom is -0.490 e. The Morgan fingerprint density at radius 3 is 2.58 bits per heavy atom. The maximum absolute atomic E-state index is 9.73. The summed E-state index contributed by atoms with van der Waals surface area (Å²) in [5.41, 5.74) is 1.12. The summed E-state index contributed by atoms with van der Waals surface area (Å²) in [7, 11) is 0. The Hall–Kier alpha value is -0.660. The molecule has 108 valence electrons. The van der Waals surface area contributed by atoms with Gasteiger partial charge in [0.05, 0.1) is 23.7 Å². The van der Waals surface area contributed by atoms with Gasteiger partial charge < -0.3 is 25.4 Å². The molecular formula is C13H20BrNO4. The van der Waals surface area contributed by atoms with Crippen molar-refractivity contribution in [2.24, 2.45) is 0 Å². The first kappa shape index (κ1) is 16.4. The van der Waals surface area contributed by atoms with Crippen molar-refractivity contribution in [1.29, 1.82) is 0 Å². The molecule has 0 bridgehead atoms. The third-order valence-electron chi connectivity index (χ3n) is 2.60. The molecule has 4 N–H and O–H groups in total. The normalized spacial score (nSPS) is 12.7. The van der Waals surface area contributed by atoms with Crippen LogP contribution in [0, 0.1) is 6.92 Å². The van der Waals surface area contributed by atoms with Crippen LogP contribution in [-0.2, 0) is 0 Å². The van der Waals surface area contributed by atoms with Gasteiger partial charge in [0, 0.05) is 6.54 Å². The van der Waals surface area contributed by atoms with Gasteiger partial charge in [-0.1, -0.05) is 6.07 Å². The summed E-state index contributed by atoms with van der Waals surface area (Å²) in [5, 5.41) is 30.3. The molecule has 0 saturated carbocycles. The minimum absolute atomic E-state index is 0.137. The lowest BCUT2D eigenvalue weighted by molar-refractivity contribution is 0.0926. The van der Waals surface area contributed by atoms with Crippen LogP contribution in [0.25, 0.3) is 0 Å². The molecular weight excluding hydrogens is 314 g/mol.